The Hall–Kier alpha value is -2.75. The van der Waals surface area contributed by atoms with Crippen molar-refractivity contribution < 1.29 is 14.6 Å². The van der Waals surface area contributed by atoms with Gasteiger partial charge in [-0.3, -0.25) is 4.79 Å². The summed E-state index contributed by atoms with van der Waals surface area (Å²) >= 11 is 0. The predicted molar refractivity (Wildman–Crippen MR) is 103 cm³/mol. The third-order valence-corrected chi connectivity index (χ3v) is 4.40. The zero-order valence-electron chi connectivity index (χ0n) is 15.9. The van der Waals surface area contributed by atoms with Crippen molar-refractivity contribution in [2.24, 2.45) is 0 Å². The van der Waals surface area contributed by atoms with E-state index in [9.17, 15) is 9.90 Å². The van der Waals surface area contributed by atoms with Crippen LogP contribution in [0, 0.1) is 13.8 Å². The second-order valence-electron chi connectivity index (χ2n) is 7.82. The SMILES string of the molecule is Cc1cc(C2Oc3ccccc3C(=O)C2=CNC(C)(C)C)cc(C)c1O. The van der Waals surface area contributed by atoms with Crippen LogP contribution in [0.25, 0.3) is 0 Å². The number of aryl methyl sites for hydroxylation is 2. The van der Waals surface area contributed by atoms with Crippen LogP contribution >= 0.6 is 0 Å². The van der Waals surface area contributed by atoms with Crippen molar-refractivity contribution in [3.05, 3.63) is 70.4 Å². The minimum Gasteiger partial charge on any atom is -0.507 e. The topological polar surface area (TPSA) is 58.6 Å². The van der Waals surface area contributed by atoms with Crippen molar-refractivity contribution in [1.29, 1.82) is 0 Å². The Bertz CT molecular complexity index is 867. The Kier molecular flexibility index (Phi) is 4.53. The average Bonchev–Trinajstić information content (AvgIpc) is 2.57. The first-order chi connectivity index (χ1) is 12.2. The number of phenolic OH excluding ortho intramolecular Hbond substituents is 1. The maximum absolute atomic E-state index is 13.1. The number of rotatable bonds is 2. The molecule has 1 atom stereocenters. The molecule has 0 radical (unpaired) electrons. The summed E-state index contributed by atoms with van der Waals surface area (Å²) < 4.78 is 6.21. The first-order valence-corrected chi connectivity index (χ1v) is 8.75. The van der Waals surface area contributed by atoms with Crippen molar-refractivity contribution in [2.75, 3.05) is 0 Å². The van der Waals surface area contributed by atoms with Gasteiger partial charge in [0.2, 0.25) is 0 Å². The Balaban J connectivity index is 2.13. The molecule has 0 saturated carbocycles. The fourth-order valence-electron chi connectivity index (χ4n) is 3.05. The van der Waals surface area contributed by atoms with Gasteiger partial charge >= 0.3 is 0 Å². The van der Waals surface area contributed by atoms with Gasteiger partial charge in [0, 0.05) is 11.7 Å². The Labute approximate surface area is 154 Å². The number of nitrogens with one attached hydrogen (secondary N) is 1. The van der Waals surface area contributed by atoms with Gasteiger partial charge in [-0.15, -0.1) is 0 Å². The van der Waals surface area contributed by atoms with Crippen LogP contribution in [-0.2, 0) is 0 Å². The van der Waals surface area contributed by atoms with E-state index in [1.54, 1.807) is 12.3 Å². The number of ketones is 1. The number of carbonyl (C=O) groups is 1. The molecule has 0 bridgehead atoms. The van der Waals surface area contributed by atoms with Crippen LogP contribution in [0.5, 0.6) is 11.5 Å². The van der Waals surface area contributed by atoms with E-state index in [-0.39, 0.29) is 17.1 Å². The third kappa shape index (κ3) is 3.45. The van der Waals surface area contributed by atoms with Gasteiger partial charge in [-0.1, -0.05) is 12.1 Å². The first kappa shape index (κ1) is 18.1. The summed E-state index contributed by atoms with van der Waals surface area (Å²) in [5.74, 6) is 0.811. The van der Waals surface area contributed by atoms with Gasteiger partial charge in [-0.05, 0) is 75.6 Å². The lowest BCUT2D eigenvalue weighted by Gasteiger charge is -2.30. The number of Topliss-reactive ketones (excluding diaryl/α,β-unsaturated/α-hetero) is 1. The molecule has 0 fully saturated rings. The van der Waals surface area contributed by atoms with E-state index in [0.29, 0.717) is 16.9 Å². The molecular weight excluding hydrogens is 326 g/mol. The molecule has 26 heavy (non-hydrogen) atoms. The molecule has 4 heteroatoms. The Morgan fingerprint density at radius 2 is 1.73 bits per heavy atom. The van der Waals surface area contributed by atoms with Crippen molar-refractivity contribution >= 4 is 5.78 Å². The number of ether oxygens (including phenoxy) is 1. The summed E-state index contributed by atoms with van der Waals surface area (Å²) in [7, 11) is 0. The molecule has 0 amide bonds. The molecule has 0 aromatic heterocycles. The standard InChI is InChI=1S/C22H25NO3/c1-13-10-15(11-14(2)19(13)24)21-17(12-23-22(3,4)5)20(25)16-8-6-7-9-18(16)26-21/h6-12,21,23-24H,1-5H3. The van der Waals surface area contributed by atoms with Gasteiger partial charge in [-0.2, -0.15) is 0 Å². The molecule has 2 aromatic carbocycles. The van der Waals surface area contributed by atoms with Gasteiger partial charge in [0.15, 0.2) is 11.9 Å². The molecule has 2 N–H and O–H groups in total. The Morgan fingerprint density at radius 3 is 2.35 bits per heavy atom. The van der Waals surface area contributed by atoms with Crippen LogP contribution in [0.1, 0.15) is 53.9 Å². The molecule has 1 aliphatic heterocycles. The normalized spacial score (nSPS) is 18.4. The number of aromatic hydroxyl groups is 1. The summed E-state index contributed by atoms with van der Waals surface area (Å²) in [4.78, 5) is 13.1. The molecule has 1 aliphatic rings. The van der Waals surface area contributed by atoms with Crippen molar-refractivity contribution in [2.45, 2.75) is 46.3 Å². The lowest BCUT2D eigenvalue weighted by molar-refractivity contribution is 0.0959. The van der Waals surface area contributed by atoms with Crippen molar-refractivity contribution in [1.82, 2.24) is 5.32 Å². The number of phenols is 1. The van der Waals surface area contributed by atoms with Gasteiger partial charge in [-0.25, -0.2) is 0 Å². The molecule has 0 aliphatic carbocycles. The van der Waals surface area contributed by atoms with Crippen LogP contribution in [0.4, 0.5) is 0 Å². The fourth-order valence-corrected chi connectivity index (χ4v) is 3.05. The van der Waals surface area contributed by atoms with E-state index in [0.717, 1.165) is 16.7 Å². The second-order valence-corrected chi connectivity index (χ2v) is 7.82. The van der Waals surface area contributed by atoms with E-state index in [1.807, 2.05) is 65.0 Å². The smallest absolute Gasteiger partial charge is 0.198 e. The van der Waals surface area contributed by atoms with E-state index in [2.05, 4.69) is 5.32 Å². The highest BCUT2D eigenvalue weighted by molar-refractivity contribution is 6.12. The number of hydrogen-bond acceptors (Lipinski definition) is 4. The van der Waals surface area contributed by atoms with Crippen molar-refractivity contribution in [3.63, 3.8) is 0 Å². The fraction of sp³-hybridized carbons (Fsp3) is 0.318. The van der Waals surface area contributed by atoms with Gasteiger partial charge in [0.1, 0.15) is 11.5 Å². The van der Waals surface area contributed by atoms with Crippen LogP contribution < -0.4 is 10.1 Å². The minimum absolute atomic E-state index is 0.0445. The van der Waals surface area contributed by atoms with E-state index in [4.69, 9.17) is 4.74 Å². The van der Waals surface area contributed by atoms with Gasteiger partial charge in [0.25, 0.3) is 0 Å². The van der Waals surface area contributed by atoms with Crippen LogP contribution in [0.15, 0.2) is 48.2 Å². The van der Waals surface area contributed by atoms with E-state index < -0.39 is 6.10 Å². The molecule has 136 valence electrons. The monoisotopic (exact) mass is 351 g/mol. The molecule has 1 heterocycles. The number of para-hydroxylation sites is 1. The highest BCUT2D eigenvalue weighted by Gasteiger charge is 2.33. The molecule has 3 rings (SSSR count). The molecule has 2 aromatic rings. The number of carbonyl (C=O) groups excluding carboxylic acids is 1. The van der Waals surface area contributed by atoms with E-state index in [1.165, 1.54) is 0 Å². The highest BCUT2D eigenvalue weighted by atomic mass is 16.5. The summed E-state index contributed by atoms with van der Waals surface area (Å²) in [6, 6.07) is 11.0. The molecular formula is C22H25NO3. The van der Waals surface area contributed by atoms with Gasteiger partial charge < -0.3 is 15.2 Å². The summed E-state index contributed by atoms with van der Waals surface area (Å²) in [5, 5.41) is 13.4. The minimum atomic E-state index is -0.523. The van der Waals surface area contributed by atoms with Gasteiger partial charge in [0.05, 0.1) is 11.1 Å². The van der Waals surface area contributed by atoms with Crippen LogP contribution in [0.3, 0.4) is 0 Å². The summed E-state index contributed by atoms with van der Waals surface area (Å²) in [6.45, 7) is 9.81. The summed E-state index contributed by atoms with van der Waals surface area (Å²) in [5.41, 5.74) is 3.33. The maximum atomic E-state index is 13.1. The molecule has 0 saturated heterocycles. The zero-order chi connectivity index (χ0) is 19.1. The highest BCUT2D eigenvalue weighted by Crippen LogP contribution is 2.39. The molecule has 1 unspecified atom stereocenters. The molecule has 0 spiro atoms. The Morgan fingerprint density at radius 1 is 1.12 bits per heavy atom. The van der Waals surface area contributed by atoms with Crippen LogP contribution in [-0.4, -0.2) is 16.4 Å². The number of fused-ring (bicyclic) bond motifs is 1. The van der Waals surface area contributed by atoms with E-state index >= 15 is 0 Å². The first-order valence-electron chi connectivity index (χ1n) is 8.75. The predicted octanol–water partition coefficient (Wildman–Crippen LogP) is 4.60. The summed E-state index contributed by atoms with van der Waals surface area (Å²) in [6.07, 6.45) is 1.24. The maximum Gasteiger partial charge on any atom is 0.198 e. The van der Waals surface area contributed by atoms with Crippen LogP contribution in [0.2, 0.25) is 0 Å². The number of hydrogen-bond donors (Lipinski definition) is 2. The quantitative estimate of drug-likeness (QED) is 0.777. The number of benzene rings is 2. The lowest BCUT2D eigenvalue weighted by atomic mass is 9.90. The molecule has 4 nitrogen and oxygen atoms in total. The largest absolute Gasteiger partial charge is 0.507 e. The lowest BCUT2D eigenvalue weighted by Crippen LogP contribution is -2.34. The zero-order valence-corrected chi connectivity index (χ0v) is 15.9. The second kappa shape index (κ2) is 6.52. The third-order valence-electron chi connectivity index (χ3n) is 4.40. The average molecular weight is 351 g/mol. The van der Waals surface area contributed by atoms with Crippen molar-refractivity contribution in [3.8, 4) is 11.5 Å².